The molecule has 0 aromatic heterocycles. The fourth-order valence-electron chi connectivity index (χ4n) is 2.51. The second-order valence-corrected chi connectivity index (χ2v) is 6.44. The molecule has 0 saturated carbocycles. The smallest absolute Gasteiger partial charge is 0.306 e. The predicted molar refractivity (Wildman–Crippen MR) is 113 cm³/mol. The molecule has 2 aromatic carbocycles. The number of rotatable bonds is 11. The van der Waals surface area contributed by atoms with Crippen molar-refractivity contribution in [2.75, 3.05) is 13.2 Å². The Kier molecular flexibility index (Phi) is 9.65. The first kappa shape index (κ1) is 22.7. The van der Waals surface area contributed by atoms with Crippen molar-refractivity contribution >= 4 is 17.8 Å². The van der Waals surface area contributed by atoms with Gasteiger partial charge >= 0.3 is 5.97 Å². The van der Waals surface area contributed by atoms with Crippen LogP contribution in [0.2, 0.25) is 0 Å². The number of nitrogens with one attached hydrogen (secondary N) is 2. The van der Waals surface area contributed by atoms with E-state index in [-0.39, 0.29) is 12.8 Å². The second kappa shape index (κ2) is 12.8. The molecule has 0 heterocycles. The van der Waals surface area contributed by atoms with Crippen LogP contribution in [0.3, 0.4) is 0 Å². The van der Waals surface area contributed by atoms with E-state index in [9.17, 15) is 14.4 Å². The van der Waals surface area contributed by atoms with Crippen LogP contribution in [-0.4, -0.2) is 31.0 Å². The van der Waals surface area contributed by atoms with E-state index in [1.165, 1.54) is 5.56 Å². The van der Waals surface area contributed by atoms with E-state index >= 15 is 0 Å². The molecule has 7 nitrogen and oxygen atoms in total. The van der Waals surface area contributed by atoms with E-state index in [4.69, 9.17) is 9.47 Å². The Hall–Kier alpha value is -3.61. The van der Waals surface area contributed by atoms with Gasteiger partial charge in [-0.3, -0.25) is 25.2 Å². The average molecular weight is 410 g/mol. The summed E-state index contributed by atoms with van der Waals surface area (Å²) in [6, 6.07) is 16.4. The van der Waals surface area contributed by atoms with Gasteiger partial charge in [-0.15, -0.1) is 0 Å². The molecular weight excluding hydrogens is 384 g/mol. The van der Waals surface area contributed by atoms with Crippen molar-refractivity contribution < 1.29 is 23.9 Å². The van der Waals surface area contributed by atoms with Crippen LogP contribution < -0.4 is 15.6 Å². The first-order valence-corrected chi connectivity index (χ1v) is 9.71. The Bertz CT molecular complexity index is 834. The van der Waals surface area contributed by atoms with E-state index < -0.39 is 17.8 Å². The minimum atomic E-state index is -0.476. The molecule has 2 amide bonds. The molecule has 2 aromatic rings. The number of carbonyl (C=O) groups is 3. The molecule has 2 N–H and O–H groups in total. The third-order valence-corrected chi connectivity index (χ3v) is 4.07. The van der Waals surface area contributed by atoms with Crippen molar-refractivity contribution in [3.63, 3.8) is 0 Å². The van der Waals surface area contributed by atoms with Gasteiger partial charge in [0.2, 0.25) is 5.91 Å². The zero-order valence-corrected chi connectivity index (χ0v) is 16.8. The van der Waals surface area contributed by atoms with Gasteiger partial charge in [-0.1, -0.05) is 43.0 Å². The highest BCUT2D eigenvalue weighted by atomic mass is 16.5. The Morgan fingerprint density at radius 1 is 0.933 bits per heavy atom. The van der Waals surface area contributed by atoms with Crippen molar-refractivity contribution in [2.24, 2.45) is 0 Å². The number of hydrogen-bond acceptors (Lipinski definition) is 5. The summed E-state index contributed by atoms with van der Waals surface area (Å²) >= 11 is 0. The highest BCUT2D eigenvalue weighted by Gasteiger charge is 2.10. The highest BCUT2D eigenvalue weighted by Crippen LogP contribution is 2.12. The largest absolute Gasteiger partial charge is 0.490 e. The van der Waals surface area contributed by atoms with Crippen LogP contribution in [0.15, 0.2) is 67.3 Å². The predicted octanol–water partition coefficient (Wildman–Crippen LogP) is 2.97. The Balaban J connectivity index is 1.59. The second-order valence-electron chi connectivity index (χ2n) is 6.44. The van der Waals surface area contributed by atoms with Crippen LogP contribution >= 0.6 is 0 Å². The maximum Gasteiger partial charge on any atom is 0.306 e. The number of esters is 1. The lowest BCUT2D eigenvalue weighted by atomic mass is 10.1. The van der Waals surface area contributed by atoms with Crippen LogP contribution in [-0.2, 0) is 20.7 Å². The van der Waals surface area contributed by atoms with Crippen LogP contribution in [0.25, 0.3) is 0 Å². The molecule has 2 rings (SSSR count). The Morgan fingerprint density at radius 2 is 1.67 bits per heavy atom. The van der Waals surface area contributed by atoms with Gasteiger partial charge in [-0.2, -0.15) is 0 Å². The van der Waals surface area contributed by atoms with Crippen LogP contribution in [0.1, 0.15) is 35.2 Å². The number of ether oxygens (including phenoxy) is 2. The van der Waals surface area contributed by atoms with Crippen LogP contribution in [0.5, 0.6) is 5.75 Å². The third-order valence-electron chi connectivity index (χ3n) is 4.07. The van der Waals surface area contributed by atoms with Gasteiger partial charge in [0.25, 0.3) is 5.91 Å². The lowest BCUT2D eigenvalue weighted by Gasteiger charge is -2.08. The molecule has 158 valence electrons. The molecule has 0 aliphatic carbocycles. The molecule has 0 saturated heterocycles. The SMILES string of the molecule is C=CCOc1ccc(C(=O)NNC(=O)CCC(=O)OCCCc2ccccc2)cc1. The van der Waals surface area contributed by atoms with E-state index in [0.29, 0.717) is 24.5 Å². The summed E-state index contributed by atoms with van der Waals surface area (Å²) in [4.78, 5) is 35.6. The van der Waals surface area contributed by atoms with Gasteiger partial charge in [-0.05, 0) is 42.7 Å². The summed E-state index contributed by atoms with van der Waals surface area (Å²) in [5.41, 5.74) is 6.13. The number of hydrogen-bond donors (Lipinski definition) is 2. The van der Waals surface area contributed by atoms with E-state index in [2.05, 4.69) is 17.4 Å². The van der Waals surface area contributed by atoms with Gasteiger partial charge in [0.1, 0.15) is 12.4 Å². The first-order valence-electron chi connectivity index (χ1n) is 9.71. The maximum absolute atomic E-state index is 12.0. The fraction of sp³-hybridized carbons (Fsp3) is 0.261. The Labute approximate surface area is 176 Å². The molecule has 0 spiro atoms. The normalized spacial score (nSPS) is 10.0. The summed E-state index contributed by atoms with van der Waals surface area (Å²) in [5.74, 6) is -0.782. The molecule has 0 aliphatic rings. The molecule has 30 heavy (non-hydrogen) atoms. The standard InChI is InChI=1S/C23H26N2O5/c1-2-16-29-20-12-10-19(11-13-20)23(28)25-24-21(26)14-15-22(27)30-17-6-9-18-7-4-3-5-8-18/h2-5,7-8,10-13H,1,6,9,14-17H2,(H,24,26)(H,25,28). The fourth-order valence-corrected chi connectivity index (χ4v) is 2.51. The highest BCUT2D eigenvalue weighted by molar-refractivity contribution is 5.95. The molecule has 0 unspecified atom stereocenters. The van der Waals surface area contributed by atoms with Gasteiger partial charge in [0, 0.05) is 12.0 Å². The van der Waals surface area contributed by atoms with E-state index in [1.807, 2.05) is 30.3 Å². The maximum atomic E-state index is 12.0. The summed E-state index contributed by atoms with van der Waals surface area (Å²) in [6.07, 6.45) is 3.03. The zero-order valence-electron chi connectivity index (χ0n) is 16.8. The van der Waals surface area contributed by atoms with E-state index in [1.54, 1.807) is 30.3 Å². The van der Waals surface area contributed by atoms with Gasteiger partial charge < -0.3 is 9.47 Å². The van der Waals surface area contributed by atoms with Crippen molar-refractivity contribution in [2.45, 2.75) is 25.7 Å². The number of aryl methyl sites for hydroxylation is 1. The summed E-state index contributed by atoms with van der Waals surface area (Å²) in [6.45, 7) is 4.24. The van der Waals surface area contributed by atoms with Crippen LogP contribution in [0, 0.1) is 0 Å². The van der Waals surface area contributed by atoms with Crippen molar-refractivity contribution in [1.29, 1.82) is 0 Å². The lowest BCUT2D eigenvalue weighted by Crippen LogP contribution is -2.41. The lowest BCUT2D eigenvalue weighted by molar-refractivity contribution is -0.145. The summed E-state index contributed by atoms with van der Waals surface area (Å²) in [7, 11) is 0. The minimum absolute atomic E-state index is 0.0532. The number of carbonyl (C=O) groups excluding carboxylic acids is 3. The average Bonchev–Trinajstić information content (AvgIpc) is 2.78. The number of benzene rings is 2. The minimum Gasteiger partial charge on any atom is -0.490 e. The van der Waals surface area contributed by atoms with Crippen LogP contribution in [0.4, 0.5) is 0 Å². The summed E-state index contributed by atoms with van der Waals surface area (Å²) < 4.78 is 10.5. The van der Waals surface area contributed by atoms with Gasteiger partial charge in [-0.25, -0.2) is 0 Å². The van der Waals surface area contributed by atoms with Crippen molar-refractivity contribution in [3.8, 4) is 5.75 Å². The topological polar surface area (TPSA) is 93.7 Å². The molecule has 7 heteroatoms. The number of hydrazine groups is 1. The quantitative estimate of drug-likeness (QED) is 0.257. The molecule has 0 bridgehead atoms. The molecular formula is C23H26N2O5. The third kappa shape index (κ3) is 8.60. The van der Waals surface area contributed by atoms with Gasteiger partial charge in [0.05, 0.1) is 13.0 Å². The van der Waals surface area contributed by atoms with Crippen molar-refractivity contribution in [1.82, 2.24) is 10.9 Å². The monoisotopic (exact) mass is 410 g/mol. The zero-order chi connectivity index (χ0) is 21.6. The van der Waals surface area contributed by atoms with Gasteiger partial charge in [0.15, 0.2) is 0 Å². The molecule has 0 aliphatic heterocycles. The van der Waals surface area contributed by atoms with Crippen molar-refractivity contribution in [3.05, 3.63) is 78.4 Å². The molecule has 0 fully saturated rings. The first-order chi connectivity index (χ1) is 14.6. The molecule has 0 radical (unpaired) electrons. The summed E-state index contributed by atoms with van der Waals surface area (Å²) in [5, 5.41) is 0. The molecule has 0 atom stereocenters. The Morgan fingerprint density at radius 3 is 2.37 bits per heavy atom. The van der Waals surface area contributed by atoms with E-state index in [0.717, 1.165) is 12.8 Å². The number of amides is 2.